The largest absolute Gasteiger partial charge is 0.508 e. The van der Waals surface area contributed by atoms with Crippen LogP contribution >= 0.6 is 0 Å². The number of allylic oxidation sites excluding steroid dienone is 1. The van der Waals surface area contributed by atoms with Crippen molar-refractivity contribution in [2.75, 3.05) is 0 Å². The Hall–Kier alpha value is -2.59. The molecule has 180 valence electrons. The van der Waals surface area contributed by atoms with Crippen LogP contribution in [0.3, 0.4) is 0 Å². The predicted molar refractivity (Wildman–Crippen MR) is 135 cm³/mol. The molecule has 1 unspecified atom stereocenters. The van der Waals surface area contributed by atoms with Crippen molar-refractivity contribution in [1.82, 2.24) is 0 Å². The number of aromatic hydroxyl groups is 1. The minimum absolute atomic E-state index is 0.0556. The van der Waals surface area contributed by atoms with E-state index >= 15 is 0 Å². The second-order valence-corrected chi connectivity index (χ2v) is 8.75. The van der Waals surface area contributed by atoms with Gasteiger partial charge >= 0.3 is 0 Å². The second-order valence-electron chi connectivity index (χ2n) is 8.75. The summed E-state index contributed by atoms with van der Waals surface area (Å²) in [5.41, 5.74) is 1.48. The molecule has 4 nitrogen and oxygen atoms in total. The van der Waals surface area contributed by atoms with Gasteiger partial charge in [0.15, 0.2) is 0 Å². The summed E-state index contributed by atoms with van der Waals surface area (Å²) in [6.45, 7) is 3.97. The molecule has 0 aliphatic rings. The molecule has 0 saturated heterocycles. The number of hydrogen-bond acceptors (Lipinski definition) is 4. The molecule has 0 fully saturated rings. The van der Waals surface area contributed by atoms with Gasteiger partial charge in [-0.1, -0.05) is 82.9 Å². The van der Waals surface area contributed by atoms with Crippen LogP contribution in [-0.4, -0.2) is 21.8 Å². The highest BCUT2D eigenvalue weighted by atomic mass is 16.6. The lowest BCUT2D eigenvalue weighted by molar-refractivity contribution is -0.0629. The van der Waals surface area contributed by atoms with E-state index in [2.05, 4.69) is 6.92 Å². The number of hydrogen-bond donors (Lipinski definition) is 2. The van der Waals surface area contributed by atoms with Crippen molar-refractivity contribution in [3.63, 3.8) is 0 Å². The van der Waals surface area contributed by atoms with Crippen molar-refractivity contribution in [3.05, 3.63) is 71.8 Å². The van der Waals surface area contributed by atoms with E-state index in [9.17, 15) is 15.0 Å². The van der Waals surface area contributed by atoms with Gasteiger partial charge in [0.1, 0.15) is 11.5 Å². The van der Waals surface area contributed by atoms with Crippen LogP contribution < -0.4 is 4.74 Å². The van der Waals surface area contributed by atoms with Gasteiger partial charge < -0.3 is 14.9 Å². The Labute approximate surface area is 199 Å². The quantitative estimate of drug-likeness (QED) is 0.121. The number of ketones is 1. The zero-order chi connectivity index (χ0) is 23.9. The van der Waals surface area contributed by atoms with Gasteiger partial charge in [0.25, 0.3) is 5.79 Å². The molecule has 0 bridgehead atoms. The number of carbonyl (C=O) groups is 1. The molecule has 33 heavy (non-hydrogen) atoms. The Balaban J connectivity index is 1.79. The molecule has 0 amide bonds. The Morgan fingerprint density at radius 1 is 0.848 bits per heavy atom. The summed E-state index contributed by atoms with van der Waals surface area (Å²) < 4.78 is 5.71. The fraction of sp³-hybridized carbons (Fsp3) is 0.483. The lowest BCUT2D eigenvalue weighted by Gasteiger charge is -2.24. The fourth-order valence-corrected chi connectivity index (χ4v) is 3.92. The van der Waals surface area contributed by atoms with E-state index in [1.807, 2.05) is 12.1 Å². The van der Waals surface area contributed by atoms with Gasteiger partial charge in [-0.15, -0.1) is 0 Å². The van der Waals surface area contributed by atoms with E-state index < -0.39 is 11.6 Å². The van der Waals surface area contributed by atoms with Crippen molar-refractivity contribution in [1.29, 1.82) is 0 Å². The number of phenolic OH excluding ortho intramolecular Hbond substituents is 1. The number of rotatable bonds is 16. The van der Waals surface area contributed by atoms with Crippen molar-refractivity contribution < 1.29 is 19.7 Å². The van der Waals surface area contributed by atoms with Crippen molar-refractivity contribution in [2.24, 2.45) is 0 Å². The van der Waals surface area contributed by atoms with Gasteiger partial charge in [0, 0.05) is 5.56 Å². The number of benzene rings is 2. The molecule has 1 atom stereocenters. The number of carbonyl (C=O) groups excluding carboxylic acids is 1. The zero-order valence-electron chi connectivity index (χ0n) is 20.3. The Bertz CT molecular complexity index is 839. The van der Waals surface area contributed by atoms with Crippen LogP contribution in [0.4, 0.5) is 0 Å². The highest BCUT2D eigenvalue weighted by molar-refractivity contribution is 6.02. The predicted octanol–water partition coefficient (Wildman–Crippen LogP) is 7.38. The van der Waals surface area contributed by atoms with Crippen LogP contribution in [0.1, 0.15) is 94.0 Å². The van der Waals surface area contributed by atoms with E-state index in [0.717, 1.165) is 12.8 Å². The summed E-state index contributed by atoms with van der Waals surface area (Å²) >= 11 is 0. The third-order valence-electron chi connectivity index (χ3n) is 5.86. The Morgan fingerprint density at radius 3 is 1.94 bits per heavy atom. The average Bonchev–Trinajstić information content (AvgIpc) is 2.81. The molecular weight excluding hydrogens is 412 g/mol. The highest BCUT2D eigenvalue weighted by Gasteiger charge is 2.36. The van der Waals surface area contributed by atoms with Gasteiger partial charge in [-0.05, 0) is 67.8 Å². The van der Waals surface area contributed by atoms with Crippen LogP contribution in [0.25, 0.3) is 0 Å². The fourth-order valence-electron chi connectivity index (χ4n) is 3.92. The van der Waals surface area contributed by atoms with Crippen LogP contribution in [0, 0.1) is 0 Å². The second kappa shape index (κ2) is 14.5. The molecule has 0 aliphatic carbocycles. The molecular formula is C29H40O4. The monoisotopic (exact) mass is 452 g/mol. The van der Waals surface area contributed by atoms with Crippen molar-refractivity contribution in [3.8, 4) is 11.5 Å². The average molecular weight is 453 g/mol. The van der Waals surface area contributed by atoms with Crippen LogP contribution in [0.5, 0.6) is 11.5 Å². The van der Waals surface area contributed by atoms with E-state index in [1.54, 1.807) is 25.1 Å². The van der Waals surface area contributed by atoms with Crippen LogP contribution in [0.2, 0.25) is 0 Å². The normalized spacial score (nSPS) is 13.2. The van der Waals surface area contributed by atoms with Gasteiger partial charge in [0.2, 0.25) is 5.78 Å². The third-order valence-corrected chi connectivity index (χ3v) is 5.86. The molecule has 2 aromatic carbocycles. The molecule has 2 rings (SSSR count). The number of ether oxygens (including phenoxy) is 1. The van der Waals surface area contributed by atoms with E-state index in [0.29, 0.717) is 5.75 Å². The zero-order valence-corrected chi connectivity index (χ0v) is 20.3. The first-order valence-electron chi connectivity index (χ1n) is 12.5. The molecule has 0 saturated carbocycles. The Morgan fingerprint density at radius 2 is 1.39 bits per heavy atom. The van der Waals surface area contributed by atoms with Gasteiger partial charge in [0.05, 0.1) is 0 Å². The lowest BCUT2D eigenvalue weighted by atomic mass is 10.0. The Kier molecular flexibility index (Phi) is 11.7. The van der Waals surface area contributed by atoms with Gasteiger partial charge in [-0.3, -0.25) is 4.79 Å². The van der Waals surface area contributed by atoms with Crippen molar-refractivity contribution >= 4 is 5.78 Å². The molecule has 0 radical (unpaired) electrons. The van der Waals surface area contributed by atoms with Gasteiger partial charge in [-0.25, -0.2) is 0 Å². The first kappa shape index (κ1) is 26.7. The number of Topliss-reactive ketones (excluding diaryl/α,β-unsaturated/α-hetero) is 1. The smallest absolute Gasteiger partial charge is 0.292 e. The minimum Gasteiger partial charge on any atom is -0.508 e. The summed E-state index contributed by atoms with van der Waals surface area (Å²) in [6.07, 6.45) is 17.1. The lowest BCUT2D eigenvalue weighted by Crippen LogP contribution is -2.42. The van der Waals surface area contributed by atoms with Crippen LogP contribution in [-0.2, 0) is 6.42 Å². The third kappa shape index (κ3) is 9.43. The van der Waals surface area contributed by atoms with E-state index in [-0.39, 0.29) is 11.3 Å². The molecule has 0 aliphatic heterocycles. The minimum atomic E-state index is -2.11. The molecule has 4 heteroatoms. The number of unbranched alkanes of at least 4 members (excludes halogenated alkanes) is 9. The maximum atomic E-state index is 12.8. The summed E-state index contributed by atoms with van der Waals surface area (Å²) in [6, 6.07) is 13.3. The number of aliphatic hydroxyl groups is 1. The SMILES string of the molecule is CC=CC(O)(Oc1ccc(CCCCCCCCCCCC)cc1)C(=O)c1ccc(O)cc1. The maximum Gasteiger partial charge on any atom is 0.292 e. The molecule has 0 spiro atoms. The highest BCUT2D eigenvalue weighted by Crippen LogP contribution is 2.24. The van der Waals surface area contributed by atoms with Crippen LogP contribution in [0.15, 0.2) is 60.7 Å². The summed E-state index contributed by atoms with van der Waals surface area (Å²) in [5, 5.41) is 20.3. The first-order valence-corrected chi connectivity index (χ1v) is 12.5. The molecule has 2 aromatic rings. The summed E-state index contributed by atoms with van der Waals surface area (Å²) in [4.78, 5) is 12.8. The standard InChI is InChI=1S/C29H40O4/c1-3-5-6-7-8-9-10-11-12-13-14-24-15-21-27(22-16-24)33-29(32,23-4-2)28(31)25-17-19-26(30)20-18-25/h4,15-23,30,32H,3,5-14H2,1-2H3. The maximum absolute atomic E-state index is 12.8. The number of phenols is 1. The molecule has 0 aromatic heterocycles. The topological polar surface area (TPSA) is 66.8 Å². The van der Waals surface area contributed by atoms with E-state index in [1.165, 1.54) is 93.7 Å². The van der Waals surface area contributed by atoms with E-state index in [4.69, 9.17) is 4.74 Å². The van der Waals surface area contributed by atoms with Gasteiger partial charge in [-0.2, -0.15) is 0 Å². The number of aryl methyl sites for hydroxylation is 1. The summed E-state index contributed by atoms with van der Waals surface area (Å²) in [5.74, 6) is -2.21. The summed E-state index contributed by atoms with van der Waals surface area (Å²) in [7, 11) is 0. The molecule has 0 heterocycles. The molecule has 2 N–H and O–H groups in total. The van der Waals surface area contributed by atoms with Crippen molar-refractivity contribution in [2.45, 2.75) is 90.3 Å². The first-order chi connectivity index (χ1) is 16.0.